The van der Waals surface area contributed by atoms with E-state index in [-0.39, 0.29) is 29.9 Å². The molecule has 0 spiro atoms. The van der Waals surface area contributed by atoms with Crippen LogP contribution in [0.1, 0.15) is 13.8 Å². The summed E-state index contributed by atoms with van der Waals surface area (Å²) in [5.74, 6) is 0.395. The Morgan fingerprint density at radius 3 is 2.76 bits per heavy atom. The Bertz CT molecular complexity index is 284. The standard InChI is InChI=1S/C12H22N2O3/c1-9(2)10-11(16)13-3-4-14(10)5-12(6-15)7-17-8-12/h9-10,15H,3-8H2,1-2H3,(H,13,16). The summed E-state index contributed by atoms with van der Waals surface area (Å²) in [5, 5.41) is 12.4. The molecule has 0 aromatic rings. The van der Waals surface area contributed by atoms with Crippen LogP contribution in [0.4, 0.5) is 0 Å². The van der Waals surface area contributed by atoms with Crippen LogP contribution in [0.5, 0.6) is 0 Å². The number of aliphatic hydroxyl groups is 1. The van der Waals surface area contributed by atoms with Crippen molar-refractivity contribution >= 4 is 5.91 Å². The lowest BCUT2D eigenvalue weighted by molar-refractivity contribution is -0.159. The third-order valence-corrected chi connectivity index (χ3v) is 3.68. The Labute approximate surface area is 102 Å². The molecule has 98 valence electrons. The van der Waals surface area contributed by atoms with Gasteiger partial charge in [0.05, 0.1) is 31.3 Å². The molecule has 17 heavy (non-hydrogen) atoms. The normalized spacial score (nSPS) is 28.9. The predicted molar refractivity (Wildman–Crippen MR) is 63.5 cm³/mol. The molecule has 0 aliphatic carbocycles. The third-order valence-electron chi connectivity index (χ3n) is 3.68. The molecule has 0 radical (unpaired) electrons. The minimum absolute atomic E-state index is 0.0761. The van der Waals surface area contributed by atoms with E-state index in [0.29, 0.717) is 19.8 Å². The number of carbonyl (C=O) groups is 1. The second-order valence-corrected chi connectivity index (χ2v) is 5.60. The van der Waals surface area contributed by atoms with E-state index in [4.69, 9.17) is 4.74 Å². The fourth-order valence-electron chi connectivity index (χ4n) is 2.69. The van der Waals surface area contributed by atoms with Crippen LogP contribution < -0.4 is 5.32 Å². The summed E-state index contributed by atoms with van der Waals surface area (Å²) >= 11 is 0. The Morgan fingerprint density at radius 2 is 2.29 bits per heavy atom. The van der Waals surface area contributed by atoms with Crippen LogP contribution in [0.3, 0.4) is 0 Å². The van der Waals surface area contributed by atoms with Gasteiger partial charge in [-0.25, -0.2) is 0 Å². The number of piperazine rings is 1. The molecule has 1 unspecified atom stereocenters. The number of nitrogens with zero attached hydrogens (tertiary/aromatic N) is 1. The van der Waals surface area contributed by atoms with Crippen molar-refractivity contribution < 1.29 is 14.6 Å². The Morgan fingerprint density at radius 1 is 1.59 bits per heavy atom. The van der Waals surface area contributed by atoms with Gasteiger partial charge in [0.1, 0.15) is 0 Å². The van der Waals surface area contributed by atoms with Crippen molar-refractivity contribution in [2.24, 2.45) is 11.3 Å². The highest BCUT2D eigenvalue weighted by molar-refractivity contribution is 5.82. The van der Waals surface area contributed by atoms with E-state index in [1.165, 1.54) is 0 Å². The van der Waals surface area contributed by atoms with Gasteiger partial charge in [0.15, 0.2) is 0 Å². The molecule has 1 amide bonds. The van der Waals surface area contributed by atoms with E-state index < -0.39 is 0 Å². The zero-order valence-corrected chi connectivity index (χ0v) is 10.6. The molecule has 1 atom stereocenters. The molecule has 0 aromatic heterocycles. The summed E-state index contributed by atoms with van der Waals surface area (Å²) < 4.78 is 5.21. The fourth-order valence-corrected chi connectivity index (χ4v) is 2.69. The molecule has 0 saturated carbocycles. The Kier molecular flexibility index (Phi) is 3.70. The summed E-state index contributed by atoms with van der Waals surface area (Å²) in [6.45, 7) is 7.77. The largest absolute Gasteiger partial charge is 0.396 e. The van der Waals surface area contributed by atoms with Crippen LogP contribution in [0.2, 0.25) is 0 Å². The van der Waals surface area contributed by atoms with E-state index in [1.54, 1.807) is 0 Å². The molecule has 5 heteroatoms. The Balaban J connectivity index is 2.04. The zero-order valence-electron chi connectivity index (χ0n) is 10.6. The topological polar surface area (TPSA) is 61.8 Å². The van der Waals surface area contributed by atoms with Gasteiger partial charge >= 0.3 is 0 Å². The van der Waals surface area contributed by atoms with Gasteiger partial charge in [-0.3, -0.25) is 9.69 Å². The lowest BCUT2D eigenvalue weighted by Gasteiger charge is -2.47. The fraction of sp³-hybridized carbons (Fsp3) is 0.917. The van der Waals surface area contributed by atoms with Crippen LogP contribution in [-0.4, -0.2) is 61.4 Å². The van der Waals surface area contributed by atoms with E-state index in [9.17, 15) is 9.90 Å². The van der Waals surface area contributed by atoms with Crippen molar-refractivity contribution in [2.45, 2.75) is 19.9 Å². The van der Waals surface area contributed by atoms with Crippen LogP contribution in [-0.2, 0) is 9.53 Å². The molecular formula is C12H22N2O3. The van der Waals surface area contributed by atoms with E-state index in [0.717, 1.165) is 13.1 Å². The van der Waals surface area contributed by atoms with E-state index in [1.807, 2.05) is 0 Å². The summed E-state index contributed by atoms with van der Waals surface area (Å²) in [7, 11) is 0. The molecule has 0 aromatic carbocycles. The average Bonchev–Trinajstić information content (AvgIpc) is 2.23. The first-order valence-electron chi connectivity index (χ1n) is 6.28. The Hall–Kier alpha value is -0.650. The quantitative estimate of drug-likeness (QED) is 0.694. The van der Waals surface area contributed by atoms with Gasteiger partial charge in [-0.2, -0.15) is 0 Å². The van der Waals surface area contributed by atoms with Crippen LogP contribution >= 0.6 is 0 Å². The molecule has 2 aliphatic heterocycles. The first kappa shape index (κ1) is 12.8. The summed E-state index contributed by atoms with van der Waals surface area (Å²) in [5.41, 5.74) is -0.148. The number of hydrogen-bond acceptors (Lipinski definition) is 4. The van der Waals surface area contributed by atoms with Crippen molar-refractivity contribution in [1.29, 1.82) is 0 Å². The number of amides is 1. The summed E-state index contributed by atoms with van der Waals surface area (Å²) in [6, 6.07) is -0.0761. The maximum atomic E-state index is 11.9. The van der Waals surface area contributed by atoms with Gasteiger partial charge in [0.25, 0.3) is 0 Å². The van der Waals surface area contributed by atoms with Gasteiger partial charge < -0.3 is 15.2 Å². The van der Waals surface area contributed by atoms with Gasteiger partial charge in [-0.1, -0.05) is 13.8 Å². The van der Waals surface area contributed by atoms with Crippen LogP contribution in [0.15, 0.2) is 0 Å². The summed E-state index contributed by atoms with van der Waals surface area (Å²) in [6.07, 6.45) is 0. The minimum Gasteiger partial charge on any atom is -0.396 e. The lowest BCUT2D eigenvalue weighted by Crippen LogP contribution is -2.62. The second-order valence-electron chi connectivity index (χ2n) is 5.60. The van der Waals surface area contributed by atoms with E-state index in [2.05, 4.69) is 24.1 Å². The van der Waals surface area contributed by atoms with Crippen molar-refractivity contribution in [3.8, 4) is 0 Å². The molecule has 0 bridgehead atoms. The maximum absolute atomic E-state index is 11.9. The SMILES string of the molecule is CC(C)C1C(=O)NCCN1CC1(CO)COC1. The number of hydrogen-bond donors (Lipinski definition) is 2. The number of nitrogens with one attached hydrogen (secondary N) is 1. The number of aliphatic hydroxyl groups excluding tert-OH is 1. The van der Waals surface area contributed by atoms with Gasteiger partial charge in [-0.15, -0.1) is 0 Å². The lowest BCUT2D eigenvalue weighted by atomic mass is 9.85. The minimum atomic E-state index is -0.148. The van der Waals surface area contributed by atoms with Crippen molar-refractivity contribution in [1.82, 2.24) is 10.2 Å². The monoisotopic (exact) mass is 242 g/mol. The highest BCUT2D eigenvalue weighted by Crippen LogP contribution is 2.30. The van der Waals surface area contributed by atoms with Crippen LogP contribution in [0, 0.1) is 11.3 Å². The molecule has 5 nitrogen and oxygen atoms in total. The average molecular weight is 242 g/mol. The smallest absolute Gasteiger partial charge is 0.237 e. The molecule has 2 saturated heterocycles. The van der Waals surface area contributed by atoms with Crippen molar-refractivity contribution in [3.63, 3.8) is 0 Å². The molecule has 2 fully saturated rings. The first-order chi connectivity index (χ1) is 8.08. The van der Waals surface area contributed by atoms with Crippen LogP contribution in [0.25, 0.3) is 0 Å². The van der Waals surface area contributed by atoms with Crippen molar-refractivity contribution in [3.05, 3.63) is 0 Å². The highest BCUT2D eigenvalue weighted by Gasteiger charge is 2.43. The van der Waals surface area contributed by atoms with Gasteiger partial charge in [-0.05, 0) is 5.92 Å². The first-order valence-corrected chi connectivity index (χ1v) is 6.28. The second kappa shape index (κ2) is 4.92. The molecule has 2 rings (SSSR count). The maximum Gasteiger partial charge on any atom is 0.237 e. The van der Waals surface area contributed by atoms with Gasteiger partial charge in [0.2, 0.25) is 5.91 Å². The van der Waals surface area contributed by atoms with Gasteiger partial charge in [0, 0.05) is 19.6 Å². The predicted octanol–water partition coefficient (Wildman–Crippen LogP) is -0.548. The number of carbonyl (C=O) groups excluding carboxylic acids is 1. The number of ether oxygens (including phenoxy) is 1. The molecular weight excluding hydrogens is 220 g/mol. The third kappa shape index (κ3) is 2.46. The zero-order chi connectivity index (χ0) is 12.5. The number of rotatable bonds is 4. The highest BCUT2D eigenvalue weighted by atomic mass is 16.5. The molecule has 2 N–H and O–H groups in total. The summed E-state index contributed by atoms with van der Waals surface area (Å²) in [4.78, 5) is 14.1. The van der Waals surface area contributed by atoms with E-state index >= 15 is 0 Å². The molecule has 2 aliphatic rings. The molecule has 2 heterocycles. The van der Waals surface area contributed by atoms with Crippen molar-refractivity contribution in [2.75, 3.05) is 39.5 Å².